The average Bonchev–Trinajstić information content (AvgIpc) is 2.42. The van der Waals surface area contributed by atoms with E-state index in [2.05, 4.69) is 9.97 Å². The Balaban J connectivity index is 2.93. The van der Waals surface area contributed by atoms with Gasteiger partial charge in [-0.1, -0.05) is 0 Å². The molecule has 102 valence electrons. The number of rotatable bonds is 8. The lowest BCUT2D eigenvalue weighted by Gasteiger charge is -2.22. The van der Waals surface area contributed by atoms with Crippen LogP contribution in [0.15, 0.2) is 6.07 Å². The fourth-order valence-corrected chi connectivity index (χ4v) is 1.41. The van der Waals surface area contributed by atoms with E-state index in [-0.39, 0.29) is 0 Å². The van der Waals surface area contributed by atoms with Crippen molar-refractivity contribution in [3.63, 3.8) is 0 Å². The Hall–Kier alpha value is -1.60. The maximum Gasteiger partial charge on any atom is 0.232 e. The van der Waals surface area contributed by atoms with E-state index in [9.17, 15) is 0 Å². The van der Waals surface area contributed by atoms with Crippen LogP contribution in [-0.4, -0.2) is 57.5 Å². The second-order valence-electron chi connectivity index (χ2n) is 3.52. The van der Waals surface area contributed by atoms with Gasteiger partial charge in [0.2, 0.25) is 17.7 Å². The van der Waals surface area contributed by atoms with Crippen LogP contribution in [0.25, 0.3) is 0 Å². The quantitative estimate of drug-likeness (QED) is 0.695. The minimum absolute atomic E-state index is 0.455. The van der Waals surface area contributed by atoms with Crippen LogP contribution in [0.2, 0.25) is 0 Å². The molecule has 0 bridgehead atoms. The number of hydrogen-bond acceptors (Lipinski definition) is 7. The Morgan fingerprint density at radius 1 is 1.11 bits per heavy atom. The summed E-state index contributed by atoms with van der Waals surface area (Å²) in [6, 6.07) is 1.63. The zero-order valence-corrected chi connectivity index (χ0v) is 11.0. The second kappa shape index (κ2) is 7.67. The third-order valence-corrected chi connectivity index (χ3v) is 2.33. The zero-order chi connectivity index (χ0) is 13.4. The molecule has 18 heavy (non-hydrogen) atoms. The molecule has 0 saturated heterocycles. The number of nitrogens with zero attached hydrogens (tertiary/aromatic N) is 3. The molecule has 1 heterocycles. The summed E-state index contributed by atoms with van der Waals surface area (Å²) in [6.45, 7) is 2.37. The number of aromatic nitrogens is 2. The molecule has 0 radical (unpaired) electrons. The van der Waals surface area contributed by atoms with Crippen LogP contribution < -0.4 is 20.1 Å². The van der Waals surface area contributed by atoms with E-state index >= 15 is 0 Å². The van der Waals surface area contributed by atoms with E-state index in [0.29, 0.717) is 43.9 Å². The molecule has 0 atom stereocenters. The molecule has 0 saturated carbocycles. The van der Waals surface area contributed by atoms with Crippen LogP contribution in [0, 0.1) is 0 Å². The van der Waals surface area contributed by atoms with Gasteiger partial charge in [0.05, 0.1) is 26.9 Å². The smallest absolute Gasteiger partial charge is 0.232 e. The molecule has 0 amide bonds. The number of ether oxygens (including phenoxy) is 3. The van der Waals surface area contributed by atoms with Gasteiger partial charge in [-0.25, -0.2) is 0 Å². The number of methoxy groups -OCH3 is 3. The third kappa shape index (κ3) is 4.01. The van der Waals surface area contributed by atoms with Crippen molar-refractivity contribution in [1.82, 2.24) is 9.97 Å². The van der Waals surface area contributed by atoms with E-state index < -0.39 is 0 Å². The predicted molar refractivity (Wildman–Crippen MR) is 68.3 cm³/mol. The third-order valence-electron chi connectivity index (χ3n) is 2.33. The standard InChI is InChI=1S/C11H20N4O3/c1-16-7-6-15(5-4-12)11-13-9(17-2)8-10(14-11)18-3/h8H,4-7,12H2,1-3H3. The molecular formula is C11H20N4O3. The summed E-state index contributed by atoms with van der Waals surface area (Å²) in [7, 11) is 4.75. The fraction of sp³-hybridized carbons (Fsp3) is 0.636. The molecule has 1 rings (SSSR count). The van der Waals surface area contributed by atoms with E-state index in [0.717, 1.165) is 0 Å². The molecule has 0 aliphatic heterocycles. The van der Waals surface area contributed by atoms with Crippen LogP contribution in [0.5, 0.6) is 11.8 Å². The maximum atomic E-state index is 5.58. The van der Waals surface area contributed by atoms with Gasteiger partial charge in [0.1, 0.15) is 0 Å². The topological polar surface area (TPSA) is 82.7 Å². The van der Waals surface area contributed by atoms with Gasteiger partial charge < -0.3 is 24.8 Å². The zero-order valence-electron chi connectivity index (χ0n) is 11.0. The summed E-state index contributed by atoms with van der Waals surface area (Å²) in [5, 5.41) is 0. The normalized spacial score (nSPS) is 10.2. The molecular weight excluding hydrogens is 236 g/mol. The Kier molecular flexibility index (Phi) is 6.16. The predicted octanol–water partition coefficient (Wildman–Crippen LogP) is -0.0947. The highest BCUT2D eigenvalue weighted by molar-refractivity contribution is 5.36. The van der Waals surface area contributed by atoms with Crippen molar-refractivity contribution in [2.24, 2.45) is 5.73 Å². The van der Waals surface area contributed by atoms with Crippen LogP contribution in [0.1, 0.15) is 0 Å². The van der Waals surface area contributed by atoms with Crippen molar-refractivity contribution in [1.29, 1.82) is 0 Å². The molecule has 0 aromatic carbocycles. The van der Waals surface area contributed by atoms with E-state index in [1.54, 1.807) is 27.4 Å². The molecule has 7 nitrogen and oxygen atoms in total. The largest absolute Gasteiger partial charge is 0.481 e. The van der Waals surface area contributed by atoms with Crippen molar-refractivity contribution in [3.05, 3.63) is 6.07 Å². The van der Waals surface area contributed by atoms with Gasteiger partial charge in [-0.2, -0.15) is 9.97 Å². The van der Waals surface area contributed by atoms with Crippen LogP contribution >= 0.6 is 0 Å². The lowest BCUT2D eigenvalue weighted by atomic mass is 10.5. The highest BCUT2D eigenvalue weighted by atomic mass is 16.5. The van der Waals surface area contributed by atoms with E-state index in [1.165, 1.54) is 0 Å². The minimum Gasteiger partial charge on any atom is -0.481 e. The van der Waals surface area contributed by atoms with Crippen LogP contribution in [-0.2, 0) is 4.74 Å². The first-order valence-corrected chi connectivity index (χ1v) is 5.66. The molecule has 0 unspecified atom stereocenters. The lowest BCUT2D eigenvalue weighted by molar-refractivity contribution is 0.205. The summed E-state index contributed by atoms with van der Waals surface area (Å²) in [5.41, 5.74) is 5.58. The fourth-order valence-electron chi connectivity index (χ4n) is 1.41. The number of hydrogen-bond donors (Lipinski definition) is 1. The van der Waals surface area contributed by atoms with Crippen molar-refractivity contribution < 1.29 is 14.2 Å². The van der Waals surface area contributed by atoms with Gasteiger partial charge in [0.15, 0.2) is 0 Å². The van der Waals surface area contributed by atoms with E-state index in [4.69, 9.17) is 19.9 Å². The number of anilines is 1. The van der Waals surface area contributed by atoms with Gasteiger partial charge >= 0.3 is 0 Å². The summed E-state index contributed by atoms with van der Waals surface area (Å²) in [4.78, 5) is 10.5. The first-order chi connectivity index (χ1) is 8.74. The summed E-state index contributed by atoms with van der Waals surface area (Å²) < 4.78 is 15.3. The highest BCUT2D eigenvalue weighted by Gasteiger charge is 2.12. The molecule has 0 fully saturated rings. The average molecular weight is 256 g/mol. The number of nitrogens with two attached hydrogens (primary N) is 1. The monoisotopic (exact) mass is 256 g/mol. The minimum atomic E-state index is 0.455. The van der Waals surface area contributed by atoms with Gasteiger partial charge in [-0.05, 0) is 0 Å². The highest BCUT2D eigenvalue weighted by Crippen LogP contribution is 2.19. The summed E-state index contributed by atoms with van der Waals surface area (Å²) >= 11 is 0. The molecule has 0 aliphatic carbocycles. The first-order valence-electron chi connectivity index (χ1n) is 5.66. The Morgan fingerprint density at radius 2 is 1.72 bits per heavy atom. The van der Waals surface area contributed by atoms with Crippen LogP contribution in [0.3, 0.4) is 0 Å². The van der Waals surface area contributed by atoms with Crippen molar-refractivity contribution in [2.45, 2.75) is 0 Å². The first kappa shape index (κ1) is 14.5. The maximum absolute atomic E-state index is 5.58. The summed E-state index contributed by atoms with van der Waals surface area (Å²) in [6.07, 6.45) is 0. The second-order valence-corrected chi connectivity index (χ2v) is 3.52. The molecule has 7 heteroatoms. The van der Waals surface area contributed by atoms with Gasteiger partial charge in [0.25, 0.3) is 0 Å². The van der Waals surface area contributed by atoms with Crippen molar-refractivity contribution in [2.75, 3.05) is 52.5 Å². The molecule has 2 N–H and O–H groups in total. The molecule has 1 aromatic heterocycles. The SMILES string of the molecule is COCCN(CCN)c1nc(OC)cc(OC)n1. The van der Waals surface area contributed by atoms with Crippen LogP contribution in [0.4, 0.5) is 5.95 Å². The van der Waals surface area contributed by atoms with Gasteiger partial charge in [-0.15, -0.1) is 0 Å². The lowest BCUT2D eigenvalue weighted by Crippen LogP contribution is -2.33. The molecule has 1 aromatic rings. The molecule has 0 spiro atoms. The molecule has 0 aliphatic rings. The Labute approximate surface area is 107 Å². The Morgan fingerprint density at radius 3 is 2.17 bits per heavy atom. The van der Waals surface area contributed by atoms with Crippen molar-refractivity contribution in [3.8, 4) is 11.8 Å². The Bertz CT molecular complexity index is 340. The van der Waals surface area contributed by atoms with Crippen molar-refractivity contribution >= 4 is 5.95 Å². The van der Waals surface area contributed by atoms with Gasteiger partial charge in [0, 0.05) is 26.7 Å². The summed E-state index contributed by atoms with van der Waals surface area (Å²) in [5.74, 6) is 1.43. The van der Waals surface area contributed by atoms with E-state index in [1.807, 2.05) is 4.90 Å². The van der Waals surface area contributed by atoms with Gasteiger partial charge in [-0.3, -0.25) is 0 Å².